The quantitative estimate of drug-likeness (QED) is 0.405. The Morgan fingerprint density at radius 2 is 1.86 bits per heavy atom. The highest BCUT2D eigenvalue weighted by Crippen LogP contribution is 2.24. The maximum Gasteiger partial charge on any atom is 0.309 e. The Bertz CT molecular complexity index is 734. The highest BCUT2D eigenvalue weighted by molar-refractivity contribution is 6.00. The van der Waals surface area contributed by atoms with Crippen molar-refractivity contribution >= 4 is 17.8 Å². The summed E-state index contributed by atoms with van der Waals surface area (Å²) >= 11 is 0. The molecule has 2 amide bonds. The highest BCUT2D eigenvalue weighted by Gasteiger charge is 2.32. The van der Waals surface area contributed by atoms with Crippen LogP contribution < -0.4 is 10.6 Å². The molecule has 1 aliphatic heterocycles. The Labute approximate surface area is 171 Å². The topological polar surface area (TPSA) is 105 Å². The van der Waals surface area contributed by atoms with Crippen LogP contribution in [-0.2, 0) is 19.1 Å². The minimum absolute atomic E-state index is 0.209. The van der Waals surface area contributed by atoms with E-state index in [9.17, 15) is 19.5 Å². The van der Waals surface area contributed by atoms with Gasteiger partial charge < -0.3 is 20.5 Å². The van der Waals surface area contributed by atoms with Crippen LogP contribution in [0.2, 0.25) is 0 Å². The standard InChI is InChI=1S/C22H30N2O5/c1-14-9-7-8-12-18(20(26)23-15(2)13-25)21(27)24-16(3)19(29-22(14)28)17-10-5-4-6-11-17/h4-8,10-11,14-16,18-19,25H,9,12-13H2,1-3H3,(H,23,26)(H,24,27)/t14?,15-,16+,18?,19?/m1/s1. The van der Waals surface area contributed by atoms with Crippen LogP contribution in [-0.4, -0.2) is 41.6 Å². The molecule has 0 saturated carbocycles. The summed E-state index contributed by atoms with van der Waals surface area (Å²) in [4.78, 5) is 37.9. The summed E-state index contributed by atoms with van der Waals surface area (Å²) in [7, 11) is 0. The molecule has 0 aliphatic carbocycles. The first-order chi connectivity index (χ1) is 13.8. The van der Waals surface area contributed by atoms with Gasteiger partial charge in [0.1, 0.15) is 12.0 Å². The van der Waals surface area contributed by atoms with Gasteiger partial charge in [-0.2, -0.15) is 0 Å². The summed E-state index contributed by atoms with van der Waals surface area (Å²) in [6.07, 6.45) is 3.52. The fourth-order valence-corrected chi connectivity index (χ4v) is 3.09. The molecule has 3 unspecified atom stereocenters. The number of carbonyl (C=O) groups is 3. The van der Waals surface area contributed by atoms with E-state index < -0.39 is 35.9 Å². The van der Waals surface area contributed by atoms with Crippen LogP contribution in [0.25, 0.3) is 0 Å². The van der Waals surface area contributed by atoms with Gasteiger partial charge in [-0.3, -0.25) is 14.4 Å². The molecule has 7 heteroatoms. The number of aliphatic hydroxyl groups is 1. The van der Waals surface area contributed by atoms with Crippen molar-refractivity contribution in [2.24, 2.45) is 11.8 Å². The second-order valence-corrected chi connectivity index (χ2v) is 7.55. The Morgan fingerprint density at radius 1 is 1.21 bits per heavy atom. The minimum atomic E-state index is -0.940. The molecule has 0 bridgehead atoms. The summed E-state index contributed by atoms with van der Waals surface area (Å²) in [6.45, 7) is 4.99. The molecular weight excluding hydrogens is 372 g/mol. The number of esters is 1. The van der Waals surface area contributed by atoms with Crippen LogP contribution in [0.4, 0.5) is 0 Å². The monoisotopic (exact) mass is 402 g/mol. The lowest BCUT2D eigenvalue weighted by Crippen LogP contribution is -2.48. The van der Waals surface area contributed by atoms with Crippen molar-refractivity contribution in [1.82, 2.24) is 10.6 Å². The first kappa shape index (κ1) is 22.6. The summed E-state index contributed by atoms with van der Waals surface area (Å²) in [5.41, 5.74) is 0.767. The molecule has 7 nitrogen and oxygen atoms in total. The fourth-order valence-electron chi connectivity index (χ4n) is 3.09. The predicted octanol–water partition coefficient (Wildman–Crippen LogP) is 1.87. The lowest BCUT2D eigenvalue weighted by molar-refractivity contribution is -0.156. The summed E-state index contributed by atoms with van der Waals surface area (Å²) in [5.74, 6) is -2.52. The minimum Gasteiger partial charge on any atom is -0.455 e. The number of ether oxygens (including phenoxy) is 1. The smallest absolute Gasteiger partial charge is 0.309 e. The average Bonchev–Trinajstić information content (AvgIpc) is 2.70. The van der Waals surface area contributed by atoms with Crippen molar-refractivity contribution in [2.45, 2.75) is 51.8 Å². The largest absolute Gasteiger partial charge is 0.455 e. The van der Waals surface area contributed by atoms with Gasteiger partial charge in [0.05, 0.1) is 18.6 Å². The number of hydrogen-bond acceptors (Lipinski definition) is 5. The molecule has 29 heavy (non-hydrogen) atoms. The van der Waals surface area contributed by atoms with E-state index in [1.165, 1.54) is 0 Å². The van der Waals surface area contributed by atoms with E-state index in [-0.39, 0.29) is 24.9 Å². The number of cyclic esters (lactones) is 1. The van der Waals surface area contributed by atoms with Crippen LogP contribution >= 0.6 is 0 Å². The van der Waals surface area contributed by atoms with E-state index in [0.717, 1.165) is 5.56 Å². The summed E-state index contributed by atoms with van der Waals surface area (Å²) < 4.78 is 5.74. The Hall–Kier alpha value is -2.67. The summed E-state index contributed by atoms with van der Waals surface area (Å²) in [5, 5.41) is 14.7. The zero-order chi connectivity index (χ0) is 21.4. The second kappa shape index (κ2) is 10.8. The van der Waals surface area contributed by atoms with E-state index in [1.807, 2.05) is 30.3 Å². The Balaban J connectivity index is 2.30. The van der Waals surface area contributed by atoms with Gasteiger partial charge in [0, 0.05) is 6.04 Å². The average molecular weight is 402 g/mol. The normalized spacial score (nSPS) is 27.0. The third-order valence-electron chi connectivity index (χ3n) is 4.92. The van der Waals surface area contributed by atoms with Gasteiger partial charge in [0.15, 0.2) is 0 Å². The highest BCUT2D eigenvalue weighted by atomic mass is 16.5. The fraction of sp³-hybridized carbons (Fsp3) is 0.500. The number of rotatable bonds is 4. The van der Waals surface area contributed by atoms with Gasteiger partial charge in [-0.05, 0) is 32.3 Å². The molecule has 5 atom stereocenters. The predicted molar refractivity (Wildman–Crippen MR) is 109 cm³/mol. The maximum absolute atomic E-state index is 12.9. The molecule has 0 fully saturated rings. The first-order valence-electron chi connectivity index (χ1n) is 9.95. The van der Waals surface area contributed by atoms with Crippen molar-refractivity contribution in [1.29, 1.82) is 0 Å². The molecule has 0 spiro atoms. The van der Waals surface area contributed by atoms with Gasteiger partial charge >= 0.3 is 5.97 Å². The molecule has 2 rings (SSSR count). The van der Waals surface area contributed by atoms with E-state index in [2.05, 4.69) is 10.6 Å². The number of amides is 2. The van der Waals surface area contributed by atoms with Crippen LogP contribution in [0.3, 0.4) is 0 Å². The molecule has 1 heterocycles. The molecule has 0 saturated heterocycles. The van der Waals surface area contributed by atoms with Crippen LogP contribution in [0.5, 0.6) is 0 Å². The van der Waals surface area contributed by atoms with Gasteiger partial charge in [-0.15, -0.1) is 0 Å². The number of benzene rings is 1. The van der Waals surface area contributed by atoms with E-state index in [0.29, 0.717) is 6.42 Å². The van der Waals surface area contributed by atoms with Crippen LogP contribution in [0.15, 0.2) is 42.5 Å². The Morgan fingerprint density at radius 3 is 2.52 bits per heavy atom. The van der Waals surface area contributed by atoms with E-state index >= 15 is 0 Å². The molecule has 0 radical (unpaired) electrons. The van der Waals surface area contributed by atoms with Gasteiger partial charge in [-0.1, -0.05) is 49.4 Å². The van der Waals surface area contributed by atoms with Gasteiger partial charge in [0.25, 0.3) is 0 Å². The zero-order valence-electron chi connectivity index (χ0n) is 17.1. The third kappa shape index (κ3) is 6.42. The van der Waals surface area contributed by atoms with Gasteiger partial charge in [0.2, 0.25) is 11.8 Å². The van der Waals surface area contributed by atoms with E-state index in [1.54, 1.807) is 32.9 Å². The SMILES string of the molecule is CC1CC=CCC(C(=O)N[C@H](C)CO)C(=O)N[C@@H](C)C(c2ccccc2)OC1=O. The van der Waals surface area contributed by atoms with Crippen LogP contribution in [0.1, 0.15) is 45.3 Å². The molecule has 1 aromatic rings. The van der Waals surface area contributed by atoms with E-state index in [4.69, 9.17) is 4.74 Å². The van der Waals surface area contributed by atoms with Crippen molar-refractivity contribution in [3.8, 4) is 0 Å². The molecular formula is C22H30N2O5. The molecule has 3 N–H and O–H groups in total. The number of carbonyl (C=O) groups excluding carboxylic acids is 3. The second-order valence-electron chi connectivity index (χ2n) is 7.55. The van der Waals surface area contributed by atoms with Crippen molar-refractivity contribution < 1.29 is 24.2 Å². The van der Waals surface area contributed by atoms with Gasteiger partial charge in [-0.25, -0.2) is 0 Å². The molecule has 1 aromatic carbocycles. The number of hydrogen-bond donors (Lipinski definition) is 3. The van der Waals surface area contributed by atoms with Crippen molar-refractivity contribution in [3.63, 3.8) is 0 Å². The molecule has 158 valence electrons. The van der Waals surface area contributed by atoms with Crippen molar-refractivity contribution in [2.75, 3.05) is 6.61 Å². The number of nitrogens with one attached hydrogen (secondary N) is 2. The third-order valence-corrected chi connectivity index (χ3v) is 4.92. The summed E-state index contributed by atoms with van der Waals surface area (Å²) in [6, 6.07) is 8.24. The number of allylic oxidation sites excluding steroid dienone is 2. The molecule has 1 aliphatic rings. The zero-order valence-corrected chi connectivity index (χ0v) is 17.1. The van der Waals surface area contributed by atoms with Crippen molar-refractivity contribution in [3.05, 3.63) is 48.0 Å². The Kier molecular flexibility index (Phi) is 8.39. The lowest BCUT2D eigenvalue weighted by atomic mass is 9.97. The molecule has 0 aromatic heterocycles. The van der Waals surface area contributed by atoms with Crippen LogP contribution in [0, 0.1) is 11.8 Å². The number of aliphatic hydroxyl groups excluding tert-OH is 1. The lowest BCUT2D eigenvalue weighted by Gasteiger charge is -2.28. The maximum atomic E-state index is 12.9. The first-order valence-corrected chi connectivity index (χ1v) is 9.95.